The van der Waals surface area contributed by atoms with E-state index in [-0.39, 0.29) is 30.9 Å². The smallest absolute Gasteiger partial charge is 0.335 e. The lowest BCUT2D eigenvalue weighted by atomic mass is 9.97. The van der Waals surface area contributed by atoms with E-state index < -0.39 is 35.7 Å². The number of benzene rings is 3. The van der Waals surface area contributed by atoms with E-state index >= 15 is 0 Å². The summed E-state index contributed by atoms with van der Waals surface area (Å²) in [5.41, 5.74) is 4.12. The summed E-state index contributed by atoms with van der Waals surface area (Å²) in [5, 5.41) is 12.4. The van der Waals surface area contributed by atoms with Crippen molar-refractivity contribution in [1.82, 2.24) is 15.7 Å². The molecule has 0 spiro atoms. The van der Waals surface area contributed by atoms with Crippen molar-refractivity contribution in [2.24, 2.45) is 10.9 Å². The molecule has 0 saturated carbocycles. The zero-order valence-electron chi connectivity index (χ0n) is 22.3. The van der Waals surface area contributed by atoms with Crippen LogP contribution in [0, 0.1) is 11.7 Å². The number of carbonyl (C=O) groups is 3. The fourth-order valence-electron chi connectivity index (χ4n) is 4.24. The molecule has 3 amide bonds. The molecule has 3 N–H and O–H groups in total. The van der Waals surface area contributed by atoms with Crippen LogP contribution in [0.25, 0.3) is 0 Å². The van der Waals surface area contributed by atoms with Crippen molar-refractivity contribution in [2.75, 3.05) is 20.2 Å². The molecule has 0 bridgehead atoms. The highest BCUT2D eigenvalue weighted by Crippen LogP contribution is 2.27. The van der Waals surface area contributed by atoms with Gasteiger partial charge in [-0.25, -0.2) is 19.5 Å². The Labute approximate surface area is 240 Å². The van der Waals surface area contributed by atoms with Gasteiger partial charge in [0.25, 0.3) is 0 Å². The summed E-state index contributed by atoms with van der Waals surface area (Å²) in [6, 6.07) is 15.2. The molecule has 1 unspecified atom stereocenters. The lowest BCUT2D eigenvalue weighted by Gasteiger charge is -2.25. The SMILES string of the molecule is COc1ccc(Cl)cc1CC1CN=C(NOc2ccc(F)cc2)CN(C(=O)N[C@H](C)c2ccc(C(=O)O)cc2)C1=O. The number of amides is 3. The van der Waals surface area contributed by atoms with E-state index in [1.165, 1.54) is 43.5 Å². The molecule has 3 aromatic rings. The number of nitrogens with zero attached hydrogens (tertiary/aromatic N) is 2. The number of carboxylic acid groups (broad SMARTS) is 1. The zero-order chi connectivity index (χ0) is 29.5. The van der Waals surface area contributed by atoms with Crippen LogP contribution in [0.3, 0.4) is 0 Å². The molecule has 2 atom stereocenters. The van der Waals surface area contributed by atoms with E-state index in [0.29, 0.717) is 27.6 Å². The number of nitrogens with one attached hydrogen (secondary N) is 2. The normalized spacial score (nSPS) is 15.8. The Balaban J connectivity index is 1.56. The molecule has 4 rings (SSSR count). The number of halogens is 2. The van der Waals surface area contributed by atoms with Crippen molar-refractivity contribution in [2.45, 2.75) is 19.4 Å². The van der Waals surface area contributed by atoms with E-state index in [1.807, 2.05) is 0 Å². The van der Waals surface area contributed by atoms with Crippen LogP contribution in [0.4, 0.5) is 9.18 Å². The predicted octanol–water partition coefficient (Wildman–Crippen LogP) is 4.64. The van der Waals surface area contributed by atoms with E-state index in [0.717, 1.165) is 4.90 Å². The number of aromatic carboxylic acids is 1. The summed E-state index contributed by atoms with van der Waals surface area (Å²) in [6.45, 7) is 1.54. The molecular weight excluding hydrogens is 555 g/mol. The van der Waals surface area contributed by atoms with Crippen molar-refractivity contribution in [3.05, 3.63) is 94.3 Å². The van der Waals surface area contributed by atoms with Crippen LogP contribution in [0.2, 0.25) is 5.02 Å². The second kappa shape index (κ2) is 13.1. The largest absolute Gasteiger partial charge is 0.496 e. The number of rotatable bonds is 8. The first-order valence-corrected chi connectivity index (χ1v) is 13.0. The van der Waals surface area contributed by atoms with Crippen molar-refractivity contribution < 1.29 is 33.5 Å². The van der Waals surface area contributed by atoms with Gasteiger partial charge in [0, 0.05) is 5.02 Å². The highest BCUT2D eigenvalue weighted by Gasteiger charge is 2.34. The van der Waals surface area contributed by atoms with E-state index in [9.17, 15) is 18.8 Å². The number of carbonyl (C=O) groups excluding carboxylic acids is 2. The number of urea groups is 1. The van der Waals surface area contributed by atoms with Crippen LogP contribution < -0.4 is 20.4 Å². The average Bonchev–Trinajstić information content (AvgIpc) is 3.11. The molecule has 12 heteroatoms. The van der Waals surface area contributed by atoms with Gasteiger partial charge in [-0.05, 0) is 79.1 Å². The molecule has 0 aliphatic carbocycles. The second-order valence-electron chi connectivity index (χ2n) is 9.33. The van der Waals surface area contributed by atoms with Gasteiger partial charge in [-0.2, -0.15) is 0 Å². The number of ether oxygens (including phenoxy) is 1. The summed E-state index contributed by atoms with van der Waals surface area (Å²) < 4.78 is 18.7. The number of hydrogen-bond acceptors (Lipinski definition) is 7. The minimum atomic E-state index is -1.06. The van der Waals surface area contributed by atoms with Crippen LogP contribution in [0.15, 0.2) is 71.7 Å². The second-order valence-corrected chi connectivity index (χ2v) is 9.76. The summed E-state index contributed by atoms with van der Waals surface area (Å²) in [5.74, 6) is -1.64. The zero-order valence-corrected chi connectivity index (χ0v) is 23.0. The number of carboxylic acids is 1. The Hall–Kier alpha value is -4.64. The fourth-order valence-corrected chi connectivity index (χ4v) is 4.43. The Kier molecular flexibility index (Phi) is 9.41. The maximum Gasteiger partial charge on any atom is 0.335 e. The molecule has 3 aromatic carbocycles. The molecular formula is C29H28ClFN4O6. The number of methoxy groups -OCH3 is 1. The molecule has 0 fully saturated rings. The van der Waals surface area contributed by atoms with Gasteiger partial charge in [0.1, 0.15) is 11.6 Å². The van der Waals surface area contributed by atoms with Crippen molar-refractivity contribution in [3.63, 3.8) is 0 Å². The monoisotopic (exact) mass is 582 g/mol. The standard InChI is InChI=1S/C29H28ClFN4O6/c1-17(18-3-5-19(6-4-18)28(37)38)33-29(39)35-16-26(34-41-24-10-8-23(31)9-11-24)32-15-21(27(35)36)13-20-14-22(30)7-12-25(20)40-2/h3-12,14,17,21H,13,15-16H2,1-2H3,(H,32,34)(H,33,39)(H,37,38)/t17-,21?/m1/s1. The number of hydrogen-bond donors (Lipinski definition) is 3. The maximum atomic E-state index is 13.7. The topological polar surface area (TPSA) is 130 Å². The minimum absolute atomic E-state index is 0.0413. The molecule has 214 valence electrons. The van der Waals surface area contributed by atoms with Gasteiger partial charge in [0.15, 0.2) is 11.6 Å². The lowest BCUT2D eigenvalue weighted by molar-refractivity contribution is -0.131. The molecule has 0 radical (unpaired) electrons. The van der Waals surface area contributed by atoms with E-state index in [4.69, 9.17) is 26.3 Å². The average molecular weight is 583 g/mol. The lowest BCUT2D eigenvalue weighted by Crippen LogP contribution is -2.50. The summed E-state index contributed by atoms with van der Waals surface area (Å²) >= 11 is 6.19. The van der Waals surface area contributed by atoms with Crippen LogP contribution in [0.1, 0.15) is 34.5 Å². The first-order valence-electron chi connectivity index (χ1n) is 12.6. The third kappa shape index (κ3) is 7.52. The van der Waals surface area contributed by atoms with Crippen LogP contribution in [-0.4, -0.2) is 53.9 Å². The summed E-state index contributed by atoms with van der Waals surface area (Å²) in [4.78, 5) is 49.4. The van der Waals surface area contributed by atoms with Crippen LogP contribution in [0.5, 0.6) is 11.5 Å². The highest BCUT2D eigenvalue weighted by atomic mass is 35.5. The first-order chi connectivity index (χ1) is 19.6. The molecule has 41 heavy (non-hydrogen) atoms. The van der Waals surface area contributed by atoms with Crippen molar-refractivity contribution in [1.29, 1.82) is 0 Å². The number of aliphatic imine (C=N–C) groups is 1. The number of imide groups is 1. The summed E-state index contributed by atoms with van der Waals surface area (Å²) in [6.07, 6.45) is 0.203. The van der Waals surface area contributed by atoms with E-state index in [1.54, 1.807) is 37.3 Å². The van der Waals surface area contributed by atoms with E-state index in [2.05, 4.69) is 15.8 Å². The van der Waals surface area contributed by atoms with Gasteiger partial charge in [0.2, 0.25) is 5.91 Å². The van der Waals surface area contributed by atoms with Crippen molar-refractivity contribution >= 4 is 35.3 Å². The minimum Gasteiger partial charge on any atom is -0.496 e. The van der Waals surface area contributed by atoms with Gasteiger partial charge >= 0.3 is 12.0 Å². The fraction of sp³-hybridized carbons (Fsp3) is 0.241. The summed E-state index contributed by atoms with van der Waals surface area (Å²) in [7, 11) is 1.51. The third-order valence-electron chi connectivity index (χ3n) is 6.48. The quantitative estimate of drug-likeness (QED) is 0.330. The van der Waals surface area contributed by atoms with Gasteiger partial charge < -0.3 is 20.0 Å². The van der Waals surface area contributed by atoms with Gasteiger partial charge in [-0.3, -0.25) is 14.7 Å². The maximum absolute atomic E-state index is 13.7. The Morgan fingerprint density at radius 1 is 1.15 bits per heavy atom. The van der Waals surface area contributed by atoms with Crippen LogP contribution >= 0.6 is 11.6 Å². The van der Waals surface area contributed by atoms with Crippen LogP contribution in [-0.2, 0) is 11.2 Å². The molecule has 1 heterocycles. The Bertz CT molecular complexity index is 1450. The number of amidine groups is 1. The molecule has 0 aromatic heterocycles. The van der Waals surface area contributed by atoms with Gasteiger partial charge in [0.05, 0.1) is 37.7 Å². The predicted molar refractivity (Wildman–Crippen MR) is 150 cm³/mol. The van der Waals surface area contributed by atoms with Crippen molar-refractivity contribution in [3.8, 4) is 11.5 Å². The third-order valence-corrected chi connectivity index (χ3v) is 6.71. The first kappa shape index (κ1) is 29.3. The number of hydroxylamine groups is 1. The van der Waals surface area contributed by atoms with Gasteiger partial charge in [-0.15, -0.1) is 0 Å². The Morgan fingerprint density at radius 2 is 1.85 bits per heavy atom. The Morgan fingerprint density at radius 3 is 2.51 bits per heavy atom. The molecule has 1 aliphatic rings. The molecule has 0 saturated heterocycles. The molecule has 1 aliphatic heterocycles. The van der Waals surface area contributed by atoms with Gasteiger partial charge in [-0.1, -0.05) is 23.7 Å². The highest BCUT2D eigenvalue weighted by molar-refractivity contribution is 6.30. The molecule has 10 nitrogen and oxygen atoms in total.